The molecule has 54 valence electrons. The lowest BCUT2D eigenvalue weighted by Gasteiger charge is -2.30. The first-order valence-corrected chi connectivity index (χ1v) is 4.90. The van der Waals surface area contributed by atoms with Crippen molar-refractivity contribution in [1.82, 2.24) is 0 Å². The zero-order valence-electron chi connectivity index (χ0n) is 5.56. The largest absolute Gasteiger partial charge is 0.322 e. The molecular formula is C5H10ClO2P. The summed E-state index contributed by atoms with van der Waals surface area (Å²) in [5.74, 6) is 0. The van der Waals surface area contributed by atoms with E-state index in [9.17, 15) is 0 Å². The molecule has 0 aromatic heterocycles. The molecule has 1 aliphatic rings. The predicted octanol–water partition coefficient (Wildman–Crippen LogP) is 2.53. The standard InChI is InChI=1S/C5H10ClO2P/c1-5(2)3-7-9(6)8-4-5/h3-4H2,1-2H3. The van der Waals surface area contributed by atoms with E-state index in [0.29, 0.717) is 13.2 Å². The van der Waals surface area contributed by atoms with Crippen molar-refractivity contribution in [3.8, 4) is 0 Å². The molecule has 0 spiro atoms. The van der Waals surface area contributed by atoms with E-state index in [-0.39, 0.29) is 5.41 Å². The fourth-order valence-electron chi connectivity index (χ4n) is 0.530. The summed E-state index contributed by atoms with van der Waals surface area (Å²) in [7, 11) is -1.08. The summed E-state index contributed by atoms with van der Waals surface area (Å²) in [5.41, 5.74) is 0.147. The molecule has 2 nitrogen and oxygen atoms in total. The van der Waals surface area contributed by atoms with E-state index in [1.54, 1.807) is 0 Å². The van der Waals surface area contributed by atoms with Gasteiger partial charge >= 0.3 is 0 Å². The van der Waals surface area contributed by atoms with Crippen LogP contribution in [0.1, 0.15) is 13.8 Å². The second-order valence-corrected chi connectivity index (χ2v) is 4.69. The van der Waals surface area contributed by atoms with Crippen molar-refractivity contribution in [3.63, 3.8) is 0 Å². The minimum Gasteiger partial charge on any atom is -0.322 e. The van der Waals surface area contributed by atoms with Gasteiger partial charge in [0.1, 0.15) is 0 Å². The molecule has 0 aromatic rings. The Morgan fingerprint density at radius 3 is 2.11 bits per heavy atom. The van der Waals surface area contributed by atoms with Crippen LogP contribution in [0.2, 0.25) is 0 Å². The van der Waals surface area contributed by atoms with Gasteiger partial charge in [0, 0.05) is 5.41 Å². The topological polar surface area (TPSA) is 18.5 Å². The summed E-state index contributed by atoms with van der Waals surface area (Å²) in [5, 5.41) is 0. The molecule has 1 rings (SSSR count). The molecule has 9 heavy (non-hydrogen) atoms. The number of rotatable bonds is 0. The lowest BCUT2D eigenvalue weighted by Crippen LogP contribution is -2.27. The third-order valence-electron chi connectivity index (χ3n) is 1.11. The van der Waals surface area contributed by atoms with Crippen LogP contribution in [-0.2, 0) is 9.05 Å². The molecule has 0 unspecified atom stereocenters. The van der Waals surface area contributed by atoms with Gasteiger partial charge in [-0.25, -0.2) is 0 Å². The smallest absolute Gasteiger partial charge is 0.276 e. The summed E-state index contributed by atoms with van der Waals surface area (Å²) in [6.07, 6.45) is 0. The molecule has 0 aliphatic carbocycles. The average molecular weight is 169 g/mol. The third-order valence-corrected chi connectivity index (χ3v) is 2.36. The Balaban J connectivity index is 2.35. The Hall–Kier alpha value is 0.640. The Bertz CT molecular complexity index is 97.1. The summed E-state index contributed by atoms with van der Waals surface area (Å²) in [4.78, 5) is 0. The molecule has 0 saturated carbocycles. The van der Waals surface area contributed by atoms with Gasteiger partial charge < -0.3 is 9.05 Å². The Morgan fingerprint density at radius 2 is 1.78 bits per heavy atom. The third kappa shape index (κ3) is 2.38. The van der Waals surface area contributed by atoms with Gasteiger partial charge in [0.05, 0.1) is 13.2 Å². The van der Waals surface area contributed by atoms with Gasteiger partial charge in [0.15, 0.2) is 0 Å². The van der Waals surface area contributed by atoms with E-state index in [4.69, 9.17) is 20.3 Å². The normalized spacial score (nSPS) is 28.3. The first-order valence-electron chi connectivity index (χ1n) is 2.82. The molecule has 4 heteroatoms. The Labute approximate surface area is 61.2 Å². The average Bonchev–Trinajstić information content (AvgIpc) is 1.78. The minimum atomic E-state index is -1.08. The zero-order chi connectivity index (χ0) is 6.91. The Kier molecular flexibility index (Phi) is 2.33. The van der Waals surface area contributed by atoms with E-state index in [0.717, 1.165) is 0 Å². The van der Waals surface area contributed by atoms with E-state index in [1.165, 1.54) is 0 Å². The number of hydrogen-bond acceptors (Lipinski definition) is 2. The van der Waals surface area contributed by atoms with E-state index < -0.39 is 7.73 Å². The maximum Gasteiger partial charge on any atom is 0.276 e. The van der Waals surface area contributed by atoms with Gasteiger partial charge in [0.25, 0.3) is 7.73 Å². The molecule has 1 heterocycles. The highest BCUT2D eigenvalue weighted by atomic mass is 35.7. The van der Waals surface area contributed by atoms with Crippen LogP contribution < -0.4 is 0 Å². The van der Waals surface area contributed by atoms with Crippen LogP contribution in [0, 0.1) is 5.41 Å². The predicted molar refractivity (Wildman–Crippen MR) is 38.5 cm³/mol. The fourth-order valence-corrected chi connectivity index (χ4v) is 1.80. The molecular weight excluding hydrogens is 158 g/mol. The van der Waals surface area contributed by atoms with Gasteiger partial charge in [0.2, 0.25) is 0 Å². The highest BCUT2D eigenvalue weighted by Gasteiger charge is 2.27. The molecule has 0 bridgehead atoms. The van der Waals surface area contributed by atoms with Crippen molar-refractivity contribution in [3.05, 3.63) is 0 Å². The van der Waals surface area contributed by atoms with Gasteiger partial charge in [-0.3, -0.25) is 0 Å². The quantitative estimate of drug-likeness (QED) is 0.518. The van der Waals surface area contributed by atoms with Crippen LogP contribution in [-0.4, -0.2) is 13.2 Å². The van der Waals surface area contributed by atoms with E-state index >= 15 is 0 Å². The summed E-state index contributed by atoms with van der Waals surface area (Å²) < 4.78 is 10.2. The van der Waals surface area contributed by atoms with Crippen LogP contribution in [0.3, 0.4) is 0 Å². The molecule has 0 atom stereocenters. The monoisotopic (exact) mass is 168 g/mol. The molecule has 0 radical (unpaired) electrons. The molecule has 0 aromatic carbocycles. The van der Waals surface area contributed by atoms with Gasteiger partial charge in [-0.2, -0.15) is 0 Å². The lowest BCUT2D eigenvalue weighted by atomic mass is 9.97. The second-order valence-electron chi connectivity index (χ2n) is 2.92. The fraction of sp³-hybridized carbons (Fsp3) is 1.00. The van der Waals surface area contributed by atoms with Crippen molar-refractivity contribution < 1.29 is 9.05 Å². The van der Waals surface area contributed by atoms with Crippen molar-refractivity contribution in [2.24, 2.45) is 5.41 Å². The van der Waals surface area contributed by atoms with Crippen molar-refractivity contribution in [2.75, 3.05) is 13.2 Å². The highest BCUT2D eigenvalue weighted by molar-refractivity contribution is 7.76. The highest BCUT2D eigenvalue weighted by Crippen LogP contribution is 2.49. The Morgan fingerprint density at radius 1 is 1.33 bits per heavy atom. The lowest BCUT2D eigenvalue weighted by molar-refractivity contribution is 0.0679. The second kappa shape index (κ2) is 2.71. The van der Waals surface area contributed by atoms with Gasteiger partial charge in [-0.15, -0.1) is 0 Å². The van der Waals surface area contributed by atoms with Gasteiger partial charge in [-0.05, 0) is 11.2 Å². The number of hydrogen-bond donors (Lipinski definition) is 0. The number of halogens is 1. The molecule has 1 aliphatic heterocycles. The van der Waals surface area contributed by atoms with Crippen molar-refractivity contribution in [1.29, 1.82) is 0 Å². The van der Waals surface area contributed by atoms with Crippen LogP contribution in [0.4, 0.5) is 0 Å². The molecule has 1 fully saturated rings. The van der Waals surface area contributed by atoms with E-state index in [1.807, 2.05) is 0 Å². The SMILES string of the molecule is CC1(C)COP(Cl)OC1. The van der Waals surface area contributed by atoms with E-state index in [2.05, 4.69) is 13.8 Å². The van der Waals surface area contributed by atoms with Gasteiger partial charge in [-0.1, -0.05) is 13.8 Å². The summed E-state index contributed by atoms with van der Waals surface area (Å²) >= 11 is 5.56. The molecule has 0 N–H and O–H groups in total. The first-order chi connectivity index (χ1) is 4.10. The maximum absolute atomic E-state index is 5.56. The maximum atomic E-state index is 5.56. The van der Waals surface area contributed by atoms with Crippen LogP contribution in [0.5, 0.6) is 0 Å². The summed E-state index contributed by atoms with van der Waals surface area (Å²) in [6.45, 7) is 5.60. The molecule has 1 saturated heterocycles. The summed E-state index contributed by atoms with van der Waals surface area (Å²) in [6, 6.07) is 0. The minimum absolute atomic E-state index is 0.147. The van der Waals surface area contributed by atoms with Crippen LogP contribution >= 0.6 is 19.0 Å². The van der Waals surface area contributed by atoms with Crippen LogP contribution in [0.25, 0.3) is 0 Å². The van der Waals surface area contributed by atoms with Crippen molar-refractivity contribution in [2.45, 2.75) is 13.8 Å². The molecule has 0 amide bonds. The van der Waals surface area contributed by atoms with Crippen molar-refractivity contribution >= 4 is 19.0 Å². The zero-order valence-corrected chi connectivity index (χ0v) is 7.21. The first kappa shape index (κ1) is 7.74. The van der Waals surface area contributed by atoms with Crippen LogP contribution in [0.15, 0.2) is 0 Å².